The zero-order valence-corrected chi connectivity index (χ0v) is 12.0. The maximum Gasteiger partial charge on any atom is 0.307 e. The quantitative estimate of drug-likeness (QED) is 0.638. The number of hydrogen-bond acceptors (Lipinski definition) is 3. The molecule has 0 aromatic carbocycles. The summed E-state index contributed by atoms with van der Waals surface area (Å²) in [5.74, 6) is -2.26. The van der Waals surface area contributed by atoms with Gasteiger partial charge in [-0.05, 0) is 31.1 Å². The van der Waals surface area contributed by atoms with Gasteiger partial charge in [-0.1, -0.05) is 26.0 Å². The van der Waals surface area contributed by atoms with E-state index in [-0.39, 0.29) is 24.3 Å². The monoisotopic (exact) mass is 281 g/mol. The lowest BCUT2D eigenvalue weighted by molar-refractivity contribution is -0.148. The van der Waals surface area contributed by atoms with Crippen molar-refractivity contribution >= 4 is 11.9 Å². The van der Waals surface area contributed by atoms with Gasteiger partial charge in [0, 0.05) is 6.54 Å². The second-order valence-corrected chi connectivity index (χ2v) is 5.99. The van der Waals surface area contributed by atoms with E-state index in [1.54, 1.807) is 0 Å². The van der Waals surface area contributed by atoms with Crippen LogP contribution in [0.5, 0.6) is 0 Å². The van der Waals surface area contributed by atoms with Crippen molar-refractivity contribution < 1.29 is 19.8 Å². The molecule has 0 aliphatic heterocycles. The highest BCUT2D eigenvalue weighted by molar-refractivity contribution is 5.86. The average Bonchev–Trinajstić information content (AvgIpc) is 3.04. The van der Waals surface area contributed by atoms with E-state index in [0.29, 0.717) is 12.8 Å². The summed E-state index contributed by atoms with van der Waals surface area (Å²) in [5.41, 5.74) is -0.901. The molecule has 1 saturated carbocycles. The number of allylic oxidation sites excluding steroid dienone is 2. The van der Waals surface area contributed by atoms with E-state index < -0.39 is 23.4 Å². The van der Waals surface area contributed by atoms with Gasteiger partial charge in [0.15, 0.2) is 0 Å². The summed E-state index contributed by atoms with van der Waals surface area (Å²) in [6, 6.07) is 0. The van der Waals surface area contributed by atoms with Gasteiger partial charge in [0.1, 0.15) is 0 Å². The van der Waals surface area contributed by atoms with Crippen LogP contribution in [0.15, 0.2) is 12.2 Å². The molecule has 20 heavy (non-hydrogen) atoms. The average molecular weight is 281 g/mol. The van der Waals surface area contributed by atoms with Crippen molar-refractivity contribution in [2.45, 2.75) is 38.7 Å². The molecule has 2 aliphatic rings. The summed E-state index contributed by atoms with van der Waals surface area (Å²) in [7, 11) is 0. The Hall–Kier alpha value is -1.36. The molecule has 0 saturated heterocycles. The second-order valence-electron chi connectivity index (χ2n) is 5.99. The maximum absolute atomic E-state index is 12.3. The van der Waals surface area contributed by atoms with E-state index in [1.807, 2.05) is 26.0 Å². The molecule has 5 nitrogen and oxygen atoms in total. The smallest absolute Gasteiger partial charge is 0.307 e. The Morgan fingerprint density at radius 3 is 2.25 bits per heavy atom. The topological polar surface area (TPSA) is 86.6 Å². The molecule has 4 unspecified atom stereocenters. The zero-order chi connectivity index (χ0) is 14.9. The molecule has 1 amide bonds. The van der Waals surface area contributed by atoms with Crippen LogP contribution in [-0.4, -0.2) is 34.2 Å². The second kappa shape index (κ2) is 5.56. The minimum Gasteiger partial charge on any atom is -0.481 e. The number of carboxylic acids is 1. The lowest BCUT2D eigenvalue weighted by Crippen LogP contribution is -2.47. The summed E-state index contributed by atoms with van der Waals surface area (Å²) >= 11 is 0. The molecule has 2 bridgehead atoms. The SMILES string of the molecule is CCC(O)(CC)CNC(=O)C1C2C=CC(C2)C1C(=O)O. The first-order valence-corrected chi connectivity index (χ1v) is 7.33. The Bertz CT molecular complexity index is 428. The van der Waals surface area contributed by atoms with Crippen LogP contribution in [-0.2, 0) is 9.59 Å². The number of aliphatic carboxylic acids is 1. The third-order valence-electron chi connectivity index (χ3n) is 4.96. The molecule has 0 radical (unpaired) electrons. The van der Waals surface area contributed by atoms with Gasteiger partial charge in [-0.2, -0.15) is 0 Å². The molecule has 1 fully saturated rings. The number of fused-ring (bicyclic) bond motifs is 2. The number of aliphatic hydroxyl groups is 1. The fourth-order valence-electron chi connectivity index (χ4n) is 3.39. The highest BCUT2D eigenvalue weighted by Crippen LogP contribution is 2.48. The Morgan fingerprint density at radius 2 is 1.75 bits per heavy atom. The summed E-state index contributed by atoms with van der Waals surface area (Å²) < 4.78 is 0. The maximum atomic E-state index is 12.3. The molecule has 2 rings (SSSR count). The van der Waals surface area contributed by atoms with Gasteiger partial charge >= 0.3 is 5.97 Å². The van der Waals surface area contributed by atoms with Crippen LogP contribution in [0.1, 0.15) is 33.1 Å². The third kappa shape index (κ3) is 2.59. The Morgan fingerprint density at radius 1 is 1.20 bits per heavy atom. The Balaban J connectivity index is 2.02. The van der Waals surface area contributed by atoms with Crippen molar-refractivity contribution in [1.29, 1.82) is 0 Å². The lowest BCUT2D eigenvalue weighted by atomic mass is 9.82. The van der Waals surface area contributed by atoms with Crippen LogP contribution in [0, 0.1) is 23.7 Å². The first-order valence-electron chi connectivity index (χ1n) is 7.33. The van der Waals surface area contributed by atoms with Crippen LogP contribution in [0.3, 0.4) is 0 Å². The minimum absolute atomic E-state index is 0.0236. The minimum atomic E-state index is -0.901. The van der Waals surface area contributed by atoms with Crippen LogP contribution in [0.25, 0.3) is 0 Å². The fraction of sp³-hybridized carbons (Fsp3) is 0.733. The number of hydrogen-bond donors (Lipinski definition) is 3. The Kier molecular flexibility index (Phi) is 4.18. The zero-order valence-electron chi connectivity index (χ0n) is 12.0. The fourth-order valence-corrected chi connectivity index (χ4v) is 3.39. The standard InChI is InChI=1S/C15H23NO4/c1-3-15(20,4-2)8-16-13(17)11-9-5-6-10(7-9)12(11)14(18)19/h5-6,9-12,20H,3-4,7-8H2,1-2H3,(H,16,17)(H,18,19). The Labute approximate surface area is 119 Å². The first-order chi connectivity index (χ1) is 9.41. The van der Waals surface area contributed by atoms with E-state index in [2.05, 4.69) is 5.32 Å². The molecule has 0 heterocycles. The molecule has 0 spiro atoms. The van der Waals surface area contributed by atoms with E-state index >= 15 is 0 Å². The van der Waals surface area contributed by atoms with Gasteiger partial charge in [0.2, 0.25) is 5.91 Å². The summed E-state index contributed by atoms with van der Waals surface area (Å²) in [6.45, 7) is 3.93. The predicted octanol–water partition coefficient (Wildman–Crippen LogP) is 1.18. The molecule has 2 aliphatic carbocycles. The number of carbonyl (C=O) groups is 2. The van der Waals surface area contributed by atoms with E-state index in [1.165, 1.54) is 0 Å². The van der Waals surface area contributed by atoms with E-state index in [9.17, 15) is 19.8 Å². The van der Waals surface area contributed by atoms with Gasteiger partial charge in [0.05, 0.1) is 17.4 Å². The summed E-state index contributed by atoms with van der Waals surface area (Å²) in [5, 5.41) is 22.2. The number of carbonyl (C=O) groups excluding carboxylic acids is 1. The van der Waals surface area contributed by atoms with E-state index in [4.69, 9.17) is 0 Å². The first kappa shape index (κ1) is 15.0. The van der Waals surface area contributed by atoms with Crippen LogP contribution in [0.4, 0.5) is 0 Å². The molecule has 0 aromatic rings. The highest BCUT2D eigenvalue weighted by atomic mass is 16.4. The molecule has 5 heteroatoms. The van der Waals surface area contributed by atoms with Crippen LogP contribution < -0.4 is 5.32 Å². The van der Waals surface area contributed by atoms with Crippen molar-refractivity contribution in [1.82, 2.24) is 5.32 Å². The number of carboxylic acid groups (broad SMARTS) is 1. The normalized spacial score (nSPS) is 31.6. The lowest BCUT2D eigenvalue weighted by Gasteiger charge is -2.28. The molecule has 0 aromatic heterocycles. The van der Waals surface area contributed by atoms with Gasteiger partial charge < -0.3 is 15.5 Å². The largest absolute Gasteiger partial charge is 0.481 e. The number of rotatable bonds is 6. The van der Waals surface area contributed by atoms with Gasteiger partial charge in [-0.3, -0.25) is 9.59 Å². The third-order valence-corrected chi connectivity index (χ3v) is 4.96. The van der Waals surface area contributed by atoms with Gasteiger partial charge in [-0.15, -0.1) is 0 Å². The molecule has 4 atom stereocenters. The summed E-state index contributed by atoms with van der Waals surface area (Å²) in [6.07, 6.45) is 5.74. The number of nitrogens with one attached hydrogen (secondary N) is 1. The predicted molar refractivity (Wildman–Crippen MR) is 73.9 cm³/mol. The molecular formula is C15H23NO4. The van der Waals surface area contributed by atoms with Crippen LogP contribution in [0.2, 0.25) is 0 Å². The van der Waals surface area contributed by atoms with Crippen molar-refractivity contribution in [2.75, 3.05) is 6.54 Å². The van der Waals surface area contributed by atoms with E-state index in [0.717, 1.165) is 6.42 Å². The van der Waals surface area contributed by atoms with Gasteiger partial charge in [0.25, 0.3) is 0 Å². The molecular weight excluding hydrogens is 258 g/mol. The highest BCUT2D eigenvalue weighted by Gasteiger charge is 2.51. The number of amides is 1. The summed E-state index contributed by atoms with van der Waals surface area (Å²) in [4.78, 5) is 23.7. The van der Waals surface area contributed by atoms with Crippen molar-refractivity contribution in [2.24, 2.45) is 23.7 Å². The molecule has 3 N–H and O–H groups in total. The van der Waals surface area contributed by atoms with Gasteiger partial charge in [-0.25, -0.2) is 0 Å². The molecule has 112 valence electrons. The van der Waals surface area contributed by atoms with Crippen molar-refractivity contribution in [3.63, 3.8) is 0 Å². The van der Waals surface area contributed by atoms with Crippen molar-refractivity contribution in [3.05, 3.63) is 12.2 Å². The van der Waals surface area contributed by atoms with Crippen LogP contribution >= 0.6 is 0 Å². The van der Waals surface area contributed by atoms with Crippen molar-refractivity contribution in [3.8, 4) is 0 Å².